The number of nitrogens with zero attached hydrogens (tertiary/aromatic N) is 1. The molecule has 1 fully saturated rings. The number of hydrogen-bond acceptors (Lipinski definition) is 8. The van der Waals surface area contributed by atoms with E-state index in [2.05, 4.69) is 12.6 Å². The monoisotopic (exact) mass is 419 g/mol. The fraction of sp³-hybridized carbons (Fsp3) is 0.842. The average Bonchev–Trinajstić information content (AvgIpc) is 2.86. The second kappa shape index (κ2) is 13.3. The van der Waals surface area contributed by atoms with Crippen molar-refractivity contribution in [2.24, 2.45) is 5.41 Å². The minimum Gasteiger partial charge on any atom is -0.379 e. The van der Waals surface area contributed by atoms with Crippen molar-refractivity contribution in [2.75, 3.05) is 59.4 Å². The van der Waals surface area contributed by atoms with Crippen molar-refractivity contribution in [3.05, 3.63) is 0 Å². The fourth-order valence-corrected chi connectivity index (χ4v) is 2.65. The molecule has 9 heteroatoms. The van der Waals surface area contributed by atoms with Crippen molar-refractivity contribution in [3.8, 4) is 0 Å². The van der Waals surface area contributed by atoms with Gasteiger partial charge in [-0.15, -0.1) is 0 Å². The number of rotatable bonds is 15. The van der Waals surface area contributed by atoms with E-state index in [-0.39, 0.29) is 42.6 Å². The summed E-state index contributed by atoms with van der Waals surface area (Å²) in [6.45, 7) is 9.22. The zero-order valence-corrected chi connectivity index (χ0v) is 18.0. The van der Waals surface area contributed by atoms with Crippen LogP contribution in [0.1, 0.15) is 33.6 Å². The van der Waals surface area contributed by atoms with Gasteiger partial charge in [0.25, 0.3) is 0 Å². The Morgan fingerprint density at radius 3 is 1.82 bits per heavy atom. The molecule has 0 N–H and O–H groups in total. The first-order chi connectivity index (χ1) is 13.2. The van der Waals surface area contributed by atoms with Gasteiger partial charge in [-0.1, -0.05) is 20.8 Å². The molecule has 1 heterocycles. The largest absolute Gasteiger partial charge is 0.379 e. The molecule has 1 rings (SSSR count). The lowest BCUT2D eigenvalue weighted by molar-refractivity contribution is -0.139. The van der Waals surface area contributed by atoms with Crippen LogP contribution in [0.25, 0.3) is 0 Å². The van der Waals surface area contributed by atoms with Crippen LogP contribution in [0.15, 0.2) is 0 Å². The molecule has 1 saturated heterocycles. The van der Waals surface area contributed by atoms with E-state index in [4.69, 9.17) is 18.9 Å². The van der Waals surface area contributed by atoms with Gasteiger partial charge in [0.15, 0.2) is 0 Å². The summed E-state index contributed by atoms with van der Waals surface area (Å²) in [4.78, 5) is 36.1. The van der Waals surface area contributed by atoms with Crippen LogP contribution in [-0.2, 0) is 33.3 Å². The summed E-state index contributed by atoms with van der Waals surface area (Å²) in [7, 11) is 0. The molecule has 1 unspecified atom stereocenters. The summed E-state index contributed by atoms with van der Waals surface area (Å²) in [6, 6.07) is 0. The van der Waals surface area contributed by atoms with Crippen LogP contribution in [0, 0.1) is 5.41 Å². The second-order valence-electron chi connectivity index (χ2n) is 7.48. The summed E-state index contributed by atoms with van der Waals surface area (Å²) in [6.07, 6.45) is 0.576. The van der Waals surface area contributed by atoms with Gasteiger partial charge in [-0.25, -0.2) is 0 Å². The molecule has 0 bridgehead atoms. The minimum absolute atomic E-state index is 0.158. The molecule has 0 aromatic heterocycles. The Hall–Kier alpha value is -1.00. The Labute approximate surface area is 172 Å². The highest BCUT2D eigenvalue weighted by molar-refractivity contribution is 7.81. The van der Waals surface area contributed by atoms with Crippen molar-refractivity contribution in [1.29, 1.82) is 0 Å². The van der Waals surface area contributed by atoms with Gasteiger partial charge in [-0.05, 0) is 0 Å². The van der Waals surface area contributed by atoms with Crippen LogP contribution in [0.5, 0.6) is 0 Å². The molecule has 28 heavy (non-hydrogen) atoms. The normalized spacial score (nSPS) is 17.6. The highest BCUT2D eigenvalue weighted by Crippen LogP contribution is 2.17. The Balaban J connectivity index is 1.83. The number of ketones is 1. The van der Waals surface area contributed by atoms with E-state index in [1.54, 1.807) is 0 Å². The summed E-state index contributed by atoms with van der Waals surface area (Å²) >= 11 is 4.06. The highest BCUT2D eigenvalue weighted by Gasteiger charge is 2.35. The molecule has 0 spiro atoms. The molecule has 162 valence electrons. The number of carbonyl (C=O) groups is 3. The summed E-state index contributed by atoms with van der Waals surface area (Å²) < 4.78 is 21.5. The Morgan fingerprint density at radius 2 is 1.39 bits per heavy atom. The number of amides is 2. The molecular formula is C19H33NO7S. The SMILES string of the molecule is CC(C)(C)C(=O)CCOCCOCCOCCOCCN1C(=O)CC(S)C1=O. The van der Waals surface area contributed by atoms with Gasteiger partial charge in [0, 0.05) is 18.3 Å². The van der Waals surface area contributed by atoms with Crippen LogP contribution in [0.3, 0.4) is 0 Å². The topological polar surface area (TPSA) is 91.4 Å². The van der Waals surface area contributed by atoms with Crippen LogP contribution >= 0.6 is 12.6 Å². The third-order valence-electron chi connectivity index (χ3n) is 4.11. The summed E-state index contributed by atoms with van der Waals surface area (Å²) in [5.41, 5.74) is -0.320. The van der Waals surface area contributed by atoms with Gasteiger partial charge < -0.3 is 18.9 Å². The third kappa shape index (κ3) is 9.97. The third-order valence-corrected chi connectivity index (χ3v) is 4.51. The predicted molar refractivity (Wildman–Crippen MR) is 106 cm³/mol. The van der Waals surface area contributed by atoms with Gasteiger partial charge in [-0.2, -0.15) is 12.6 Å². The van der Waals surface area contributed by atoms with Crippen LogP contribution in [0.4, 0.5) is 0 Å². The number of imide groups is 1. The van der Waals surface area contributed by atoms with E-state index in [1.807, 2.05) is 20.8 Å². The predicted octanol–water partition coefficient (Wildman–Crippen LogP) is 1.12. The summed E-state index contributed by atoms with van der Waals surface area (Å²) in [5, 5.41) is -0.521. The van der Waals surface area contributed by atoms with Crippen molar-refractivity contribution in [2.45, 2.75) is 38.9 Å². The first-order valence-corrected chi connectivity index (χ1v) is 10.1. The maximum atomic E-state index is 11.7. The average molecular weight is 420 g/mol. The lowest BCUT2D eigenvalue weighted by Gasteiger charge is -2.16. The molecule has 8 nitrogen and oxygen atoms in total. The maximum absolute atomic E-state index is 11.7. The number of likely N-dealkylation sites (tertiary alicyclic amines) is 1. The van der Waals surface area contributed by atoms with Crippen molar-refractivity contribution in [3.63, 3.8) is 0 Å². The second-order valence-corrected chi connectivity index (χ2v) is 8.10. The molecule has 1 aliphatic rings. The lowest BCUT2D eigenvalue weighted by atomic mass is 9.89. The number of Topliss-reactive ketones (excluding diaryl/α,β-unsaturated/α-hetero) is 1. The molecule has 0 aliphatic carbocycles. The quantitative estimate of drug-likeness (QED) is 0.242. The van der Waals surface area contributed by atoms with Gasteiger partial charge in [0.2, 0.25) is 11.8 Å². The summed E-state index contributed by atoms with van der Waals surface area (Å²) in [5.74, 6) is -0.268. The maximum Gasteiger partial charge on any atom is 0.242 e. The molecule has 2 amide bonds. The van der Waals surface area contributed by atoms with E-state index in [9.17, 15) is 14.4 Å². The molecular weight excluding hydrogens is 386 g/mol. The van der Waals surface area contributed by atoms with Gasteiger partial charge in [0.05, 0.1) is 64.6 Å². The molecule has 0 aromatic carbocycles. The molecule has 0 saturated carbocycles. The van der Waals surface area contributed by atoms with E-state index in [0.29, 0.717) is 52.7 Å². The van der Waals surface area contributed by atoms with Crippen LogP contribution in [-0.4, -0.2) is 87.1 Å². The number of hydrogen-bond donors (Lipinski definition) is 1. The van der Waals surface area contributed by atoms with E-state index < -0.39 is 5.25 Å². The molecule has 1 aliphatic heterocycles. The van der Waals surface area contributed by atoms with Gasteiger partial charge in [0.1, 0.15) is 5.78 Å². The number of ether oxygens (including phenoxy) is 4. The van der Waals surface area contributed by atoms with Gasteiger partial charge in [-0.3, -0.25) is 19.3 Å². The Bertz CT molecular complexity index is 507. The van der Waals surface area contributed by atoms with Crippen LogP contribution < -0.4 is 0 Å². The fourth-order valence-electron chi connectivity index (χ4n) is 2.36. The standard InChI is InChI=1S/C19H33NO7S/c1-19(2,3)16(21)4-6-24-8-10-26-12-13-27-11-9-25-7-5-20-17(22)14-15(28)18(20)23/h15,28H,4-14H2,1-3H3. The van der Waals surface area contributed by atoms with Crippen molar-refractivity contribution >= 4 is 30.2 Å². The van der Waals surface area contributed by atoms with E-state index >= 15 is 0 Å². The lowest BCUT2D eigenvalue weighted by Crippen LogP contribution is -2.34. The first kappa shape index (κ1) is 25.0. The zero-order chi connectivity index (χ0) is 21.0. The molecule has 0 aromatic rings. The highest BCUT2D eigenvalue weighted by atomic mass is 32.1. The van der Waals surface area contributed by atoms with Crippen molar-refractivity contribution in [1.82, 2.24) is 4.90 Å². The number of thiol groups is 1. The minimum atomic E-state index is -0.521. The van der Waals surface area contributed by atoms with E-state index in [1.165, 1.54) is 4.90 Å². The molecule has 0 radical (unpaired) electrons. The Kier molecular flexibility index (Phi) is 11.9. The van der Waals surface area contributed by atoms with Crippen LogP contribution in [0.2, 0.25) is 0 Å². The zero-order valence-electron chi connectivity index (χ0n) is 17.1. The molecule has 1 atom stereocenters. The Morgan fingerprint density at radius 1 is 0.929 bits per heavy atom. The smallest absolute Gasteiger partial charge is 0.242 e. The van der Waals surface area contributed by atoms with E-state index in [0.717, 1.165) is 0 Å². The number of carbonyl (C=O) groups excluding carboxylic acids is 3. The first-order valence-electron chi connectivity index (χ1n) is 9.60. The van der Waals surface area contributed by atoms with Crippen molar-refractivity contribution < 1.29 is 33.3 Å². The van der Waals surface area contributed by atoms with Gasteiger partial charge >= 0.3 is 0 Å².